The largest absolute Gasteiger partial charge is 0.356 e. The van der Waals surface area contributed by atoms with Gasteiger partial charge in [-0.25, -0.2) is 0 Å². The molecular weight excluding hydrogens is 350 g/mol. The molecule has 1 aliphatic heterocycles. The molecule has 0 bridgehead atoms. The molecule has 3 rings (SSSR count). The van der Waals surface area contributed by atoms with Gasteiger partial charge in [0.15, 0.2) is 5.96 Å². The van der Waals surface area contributed by atoms with Crippen LogP contribution in [-0.2, 0) is 19.4 Å². The number of hydrogen-bond acceptors (Lipinski definition) is 4. The van der Waals surface area contributed by atoms with Crippen molar-refractivity contribution >= 4 is 5.96 Å². The van der Waals surface area contributed by atoms with E-state index in [-0.39, 0.29) is 0 Å². The molecule has 1 atom stereocenters. The van der Waals surface area contributed by atoms with Gasteiger partial charge in [0.05, 0.1) is 0 Å². The molecule has 1 saturated heterocycles. The molecule has 1 fully saturated rings. The van der Waals surface area contributed by atoms with E-state index in [0.717, 1.165) is 57.3 Å². The van der Waals surface area contributed by atoms with E-state index in [1.165, 1.54) is 18.5 Å². The predicted octanol–water partition coefficient (Wildman–Crippen LogP) is 1.57. The lowest BCUT2D eigenvalue weighted by Crippen LogP contribution is -2.41. The van der Waals surface area contributed by atoms with Crippen molar-refractivity contribution in [3.63, 3.8) is 0 Å². The summed E-state index contributed by atoms with van der Waals surface area (Å²) in [7, 11) is 1.83. The number of nitrogens with zero attached hydrogens (tertiary/aromatic N) is 5. The zero-order chi connectivity index (χ0) is 19.6. The second kappa shape index (κ2) is 10.8. The Morgan fingerprint density at radius 3 is 2.86 bits per heavy atom. The van der Waals surface area contributed by atoms with Crippen LogP contribution in [0.15, 0.2) is 41.7 Å². The van der Waals surface area contributed by atoms with Crippen LogP contribution in [-0.4, -0.2) is 65.4 Å². The molecule has 0 spiro atoms. The topological polar surface area (TPSA) is 70.4 Å². The number of nitrogens with one attached hydrogen (secondary N) is 2. The molecule has 1 aliphatic rings. The third kappa shape index (κ3) is 6.05. The monoisotopic (exact) mass is 383 g/mol. The summed E-state index contributed by atoms with van der Waals surface area (Å²) in [5.41, 5.74) is 1.42. The Labute approximate surface area is 168 Å². The van der Waals surface area contributed by atoms with E-state index >= 15 is 0 Å². The quantitative estimate of drug-likeness (QED) is 0.508. The van der Waals surface area contributed by atoms with Crippen LogP contribution in [0.4, 0.5) is 0 Å². The lowest BCUT2D eigenvalue weighted by Gasteiger charge is -2.18. The Bertz CT molecular complexity index is 725. The van der Waals surface area contributed by atoms with Crippen molar-refractivity contribution in [2.75, 3.05) is 39.8 Å². The molecule has 2 heterocycles. The lowest BCUT2D eigenvalue weighted by molar-refractivity contribution is 0.328. The second-order valence-corrected chi connectivity index (χ2v) is 7.36. The van der Waals surface area contributed by atoms with Crippen LogP contribution in [0.5, 0.6) is 0 Å². The molecule has 0 saturated carbocycles. The molecule has 28 heavy (non-hydrogen) atoms. The van der Waals surface area contributed by atoms with Crippen LogP contribution in [0.1, 0.15) is 24.7 Å². The van der Waals surface area contributed by atoms with Crippen LogP contribution in [0.3, 0.4) is 0 Å². The van der Waals surface area contributed by atoms with E-state index < -0.39 is 0 Å². The van der Waals surface area contributed by atoms with Gasteiger partial charge in [-0.2, -0.15) is 0 Å². The Morgan fingerprint density at radius 1 is 1.21 bits per heavy atom. The van der Waals surface area contributed by atoms with Crippen molar-refractivity contribution in [3.05, 3.63) is 48.0 Å². The summed E-state index contributed by atoms with van der Waals surface area (Å²) in [6.45, 7) is 8.21. The highest BCUT2D eigenvalue weighted by atomic mass is 15.3. The number of guanidine groups is 1. The summed E-state index contributed by atoms with van der Waals surface area (Å²) in [6, 6.07) is 10.8. The van der Waals surface area contributed by atoms with Crippen molar-refractivity contribution < 1.29 is 0 Å². The van der Waals surface area contributed by atoms with Crippen molar-refractivity contribution in [2.45, 2.75) is 32.7 Å². The van der Waals surface area contributed by atoms with Gasteiger partial charge in [0.2, 0.25) is 0 Å². The zero-order valence-electron chi connectivity index (χ0n) is 17.1. The Kier molecular flexibility index (Phi) is 7.84. The summed E-state index contributed by atoms with van der Waals surface area (Å²) in [4.78, 5) is 6.92. The summed E-state index contributed by atoms with van der Waals surface area (Å²) in [5, 5.41) is 15.0. The maximum Gasteiger partial charge on any atom is 0.191 e. The van der Waals surface area contributed by atoms with Crippen LogP contribution in [0.2, 0.25) is 0 Å². The minimum Gasteiger partial charge on any atom is -0.356 e. The highest BCUT2D eigenvalue weighted by Crippen LogP contribution is 2.15. The Hall–Kier alpha value is -2.41. The van der Waals surface area contributed by atoms with Gasteiger partial charge >= 0.3 is 0 Å². The van der Waals surface area contributed by atoms with E-state index in [1.54, 1.807) is 6.33 Å². The predicted molar refractivity (Wildman–Crippen MR) is 113 cm³/mol. The molecule has 0 aliphatic carbocycles. The third-order valence-electron chi connectivity index (χ3n) is 5.37. The SMILES string of the molecule is CCc1nncn1CCNC(=NC)NCC1CCN(CCc2ccccc2)C1. The average Bonchev–Trinajstić information content (AvgIpc) is 3.38. The molecule has 7 nitrogen and oxygen atoms in total. The molecule has 1 aromatic heterocycles. The molecular formula is C21H33N7. The fourth-order valence-electron chi connectivity index (χ4n) is 3.71. The van der Waals surface area contributed by atoms with E-state index in [0.29, 0.717) is 5.92 Å². The van der Waals surface area contributed by atoms with Crippen molar-refractivity contribution in [1.82, 2.24) is 30.3 Å². The van der Waals surface area contributed by atoms with Gasteiger partial charge in [0.1, 0.15) is 12.2 Å². The first-order valence-electron chi connectivity index (χ1n) is 10.4. The van der Waals surface area contributed by atoms with Crippen LogP contribution in [0.25, 0.3) is 0 Å². The molecule has 7 heteroatoms. The number of aromatic nitrogens is 3. The number of rotatable bonds is 9. The molecule has 2 N–H and O–H groups in total. The minimum absolute atomic E-state index is 0.680. The first-order valence-corrected chi connectivity index (χ1v) is 10.4. The lowest BCUT2D eigenvalue weighted by atomic mass is 10.1. The molecule has 0 radical (unpaired) electrons. The minimum atomic E-state index is 0.680. The van der Waals surface area contributed by atoms with Gasteiger partial charge in [0, 0.05) is 46.2 Å². The van der Waals surface area contributed by atoms with Crippen LogP contribution < -0.4 is 10.6 Å². The molecule has 152 valence electrons. The van der Waals surface area contributed by atoms with Gasteiger partial charge in [-0.1, -0.05) is 37.3 Å². The summed E-state index contributed by atoms with van der Waals surface area (Å²) in [6.07, 6.45) is 5.07. The van der Waals surface area contributed by atoms with Crippen molar-refractivity contribution in [2.24, 2.45) is 10.9 Å². The Morgan fingerprint density at radius 2 is 2.07 bits per heavy atom. The third-order valence-corrected chi connectivity index (χ3v) is 5.37. The zero-order valence-corrected chi connectivity index (χ0v) is 17.1. The van der Waals surface area contributed by atoms with Crippen LogP contribution in [0, 0.1) is 5.92 Å². The van der Waals surface area contributed by atoms with E-state index in [1.807, 2.05) is 7.05 Å². The van der Waals surface area contributed by atoms with E-state index in [2.05, 4.69) is 72.5 Å². The molecule has 2 aromatic rings. The molecule has 1 aromatic carbocycles. The maximum atomic E-state index is 4.35. The van der Waals surface area contributed by atoms with Gasteiger partial charge in [-0.15, -0.1) is 10.2 Å². The number of hydrogen-bond donors (Lipinski definition) is 2. The summed E-state index contributed by atoms with van der Waals surface area (Å²) in [5.74, 6) is 2.57. The van der Waals surface area contributed by atoms with Crippen molar-refractivity contribution in [1.29, 1.82) is 0 Å². The first-order chi connectivity index (χ1) is 13.8. The fourth-order valence-corrected chi connectivity index (χ4v) is 3.71. The van der Waals surface area contributed by atoms with Gasteiger partial charge in [-0.3, -0.25) is 4.99 Å². The normalized spacial score (nSPS) is 17.8. The maximum absolute atomic E-state index is 4.35. The highest BCUT2D eigenvalue weighted by molar-refractivity contribution is 5.79. The summed E-state index contributed by atoms with van der Waals surface area (Å²) >= 11 is 0. The summed E-state index contributed by atoms with van der Waals surface area (Å²) < 4.78 is 2.09. The van der Waals surface area contributed by atoms with Crippen molar-refractivity contribution in [3.8, 4) is 0 Å². The average molecular weight is 384 g/mol. The van der Waals surface area contributed by atoms with Gasteiger partial charge in [-0.05, 0) is 30.9 Å². The van der Waals surface area contributed by atoms with E-state index in [4.69, 9.17) is 0 Å². The molecule has 0 amide bonds. The number of benzene rings is 1. The molecule has 1 unspecified atom stereocenters. The van der Waals surface area contributed by atoms with Gasteiger partial charge < -0.3 is 20.1 Å². The first kappa shape index (κ1) is 20.3. The number of aryl methyl sites for hydroxylation is 1. The number of aliphatic imine (C=N–C) groups is 1. The Balaban J connectivity index is 1.33. The second-order valence-electron chi connectivity index (χ2n) is 7.36. The standard InChI is InChI=1S/C21H33N7/c1-3-20-26-25-17-28(20)14-11-23-21(22-2)24-15-19-10-13-27(16-19)12-9-18-7-5-4-6-8-18/h4-8,17,19H,3,9-16H2,1-2H3,(H2,22,23,24). The number of likely N-dealkylation sites (tertiary alicyclic amines) is 1. The highest BCUT2D eigenvalue weighted by Gasteiger charge is 2.22. The van der Waals surface area contributed by atoms with Crippen LogP contribution >= 0.6 is 0 Å². The van der Waals surface area contributed by atoms with E-state index in [9.17, 15) is 0 Å². The smallest absolute Gasteiger partial charge is 0.191 e. The van der Waals surface area contributed by atoms with Gasteiger partial charge in [0.25, 0.3) is 0 Å². The fraction of sp³-hybridized carbons (Fsp3) is 0.571.